The maximum Gasteiger partial charge on any atom is 0.308 e. The Hall–Kier alpha value is -2.68. The minimum Gasteiger partial charge on any atom is -0.497 e. The first kappa shape index (κ1) is 26.4. The van der Waals surface area contributed by atoms with Gasteiger partial charge < -0.3 is 19.6 Å². The Morgan fingerprint density at radius 2 is 2.08 bits per heavy atom. The van der Waals surface area contributed by atoms with Gasteiger partial charge in [-0.25, -0.2) is 4.98 Å². The molecule has 0 amide bonds. The second-order valence-corrected chi connectivity index (χ2v) is 10.8. The van der Waals surface area contributed by atoms with E-state index in [9.17, 15) is 9.90 Å². The summed E-state index contributed by atoms with van der Waals surface area (Å²) in [5.41, 5.74) is 2.15. The number of carboxylic acids is 1. The summed E-state index contributed by atoms with van der Waals surface area (Å²) in [4.78, 5) is 25.7. The highest BCUT2D eigenvalue weighted by atomic mass is 32.2. The Balaban J connectivity index is 1.40. The largest absolute Gasteiger partial charge is 0.497 e. The lowest BCUT2D eigenvalue weighted by Gasteiger charge is -2.37. The van der Waals surface area contributed by atoms with E-state index in [1.165, 1.54) is 5.56 Å². The van der Waals surface area contributed by atoms with E-state index in [1.54, 1.807) is 25.1 Å². The summed E-state index contributed by atoms with van der Waals surface area (Å²) in [5.74, 6) is 0.884. The fraction of sp³-hybridized carbons (Fsp3) is 0.464. The number of hydrogen-bond acceptors (Lipinski definition) is 7. The van der Waals surface area contributed by atoms with Gasteiger partial charge in [-0.3, -0.25) is 9.78 Å². The number of pyridine rings is 2. The van der Waals surface area contributed by atoms with Gasteiger partial charge in [0.1, 0.15) is 5.75 Å². The lowest BCUT2D eigenvalue weighted by Crippen LogP contribution is -2.44. The zero-order chi connectivity index (χ0) is 25.5. The summed E-state index contributed by atoms with van der Waals surface area (Å²) in [7, 11) is 5.86. The Kier molecular flexibility index (Phi) is 9.18. The van der Waals surface area contributed by atoms with Crippen LogP contribution in [-0.2, 0) is 4.79 Å². The first-order chi connectivity index (χ1) is 17.5. The molecule has 3 atom stereocenters. The number of piperidine rings is 1. The topological polar surface area (TPSA) is 78.8 Å². The van der Waals surface area contributed by atoms with Gasteiger partial charge in [-0.1, -0.05) is 6.07 Å². The summed E-state index contributed by atoms with van der Waals surface area (Å²) >= 11 is 1.72. The van der Waals surface area contributed by atoms with Crippen LogP contribution in [0.3, 0.4) is 0 Å². The highest BCUT2D eigenvalue weighted by molar-refractivity contribution is 7.99. The molecule has 1 aliphatic heterocycles. The molecule has 8 heteroatoms. The van der Waals surface area contributed by atoms with E-state index < -0.39 is 5.97 Å². The standard InChI is InChI=1S/C28H36N4O3S/c1-31(2)26(22-11-14-29-25-9-8-21(35-3)18-23(22)25)10-7-20-12-15-32(19-24(20)28(33)34)16-17-36-27-6-4-5-13-30-27/h4-6,8-9,11,13-14,18,20,24,26H,7,10,12,15-17,19H2,1-3H3,(H,33,34)/t20-,24+,26+/m1/s1. The van der Waals surface area contributed by atoms with Crippen molar-refractivity contribution in [3.05, 3.63) is 60.4 Å². The lowest BCUT2D eigenvalue weighted by molar-refractivity contribution is -0.146. The van der Waals surface area contributed by atoms with E-state index in [4.69, 9.17) is 4.74 Å². The second-order valence-electron chi connectivity index (χ2n) is 9.65. The van der Waals surface area contributed by atoms with Gasteiger partial charge in [0.05, 0.1) is 23.6 Å². The van der Waals surface area contributed by atoms with Gasteiger partial charge in [0.25, 0.3) is 0 Å². The fourth-order valence-electron chi connectivity index (χ4n) is 5.24. The Bertz CT molecular complexity index is 1140. The summed E-state index contributed by atoms with van der Waals surface area (Å²) in [6.07, 6.45) is 6.36. The Labute approximate surface area is 217 Å². The molecule has 0 aliphatic carbocycles. The van der Waals surface area contributed by atoms with Crippen LogP contribution in [0.1, 0.15) is 30.9 Å². The van der Waals surface area contributed by atoms with Gasteiger partial charge in [0.2, 0.25) is 0 Å². The number of hydrogen-bond donors (Lipinski definition) is 1. The molecule has 3 aromatic rings. The van der Waals surface area contributed by atoms with Gasteiger partial charge >= 0.3 is 5.97 Å². The van der Waals surface area contributed by atoms with Gasteiger partial charge in [-0.05, 0) is 87.8 Å². The number of rotatable bonds is 11. The van der Waals surface area contributed by atoms with Gasteiger partial charge in [-0.15, -0.1) is 11.8 Å². The molecule has 1 aliphatic rings. The molecular formula is C28H36N4O3S. The predicted molar refractivity (Wildman–Crippen MR) is 145 cm³/mol. The number of benzene rings is 1. The number of likely N-dealkylation sites (tertiary alicyclic amines) is 1. The van der Waals surface area contributed by atoms with Crippen LogP contribution in [0, 0.1) is 11.8 Å². The Morgan fingerprint density at radius 3 is 2.81 bits per heavy atom. The number of nitrogens with zero attached hydrogens (tertiary/aromatic N) is 4. The quantitative estimate of drug-likeness (QED) is 0.369. The highest BCUT2D eigenvalue weighted by Crippen LogP contribution is 2.35. The third-order valence-corrected chi connectivity index (χ3v) is 8.15. The van der Waals surface area contributed by atoms with Crippen LogP contribution in [0.4, 0.5) is 0 Å². The van der Waals surface area contributed by atoms with E-state index in [0.717, 1.165) is 59.8 Å². The van der Waals surface area contributed by atoms with Crippen LogP contribution in [0.2, 0.25) is 0 Å². The van der Waals surface area contributed by atoms with Crippen molar-refractivity contribution in [2.45, 2.75) is 30.3 Å². The number of aromatic nitrogens is 2. The minimum atomic E-state index is -0.678. The molecule has 1 saturated heterocycles. The molecule has 36 heavy (non-hydrogen) atoms. The number of methoxy groups -OCH3 is 1. The zero-order valence-corrected chi connectivity index (χ0v) is 22.2. The summed E-state index contributed by atoms with van der Waals surface area (Å²) in [5, 5.41) is 12.1. The SMILES string of the molecule is COc1ccc2nccc([C@H](CC[C@@H]3CCN(CCSc4ccccn4)C[C@@H]3C(=O)O)N(C)C)c2c1. The van der Waals surface area contributed by atoms with Crippen molar-refractivity contribution in [2.75, 3.05) is 46.6 Å². The number of carboxylic acid groups (broad SMARTS) is 1. The molecule has 0 bridgehead atoms. The summed E-state index contributed by atoms with van der Waals surface area (Å²) in [6.45, 7) is 2.44. The van der Waals surface area contributed by atoms with Crippen molar-refractivity contribution < 1.29 is 14.6 Å². The number of fused-ring (bicyclic) bond motifs is 1. The van der Waals surface area contributed by atoms with Gasteiger partial charge in [0.15, 0.2) is 0 Å². The molecule has 0 unspecified atom stereocenters. The monoisotopic (exact) mass is 508 g/mol. The van der Waals surface area contributed by atoms with E-state index in [1.807, 2.05) is 36.5 Å². The predicted octanol–water partition coefficient (Wildman–Crippen LogP) is 4.84. The first-order valence-electron chi connectivity index (χ1n) is 12.5. The molecule has 1 N–H and O–H groups in total. The van der Waals surface area contributed by atoms with E-state index in [-0.39, 0.29) is 17.9 Å². The van der Waals surface area contributed by atoms with Crippen molar-refractivity contribution >= 4 is 28.6 Å². The van der Waals surface area contributed by atoms with Crippen molar-refractivity contribution in [1.82, 2.24) is 19.8 Å². The Morgan fingerprint density at radius 1 is 1.22 bits per heavy atom. The zero-order valence-electron chi connectivity index (χ0n) is 21.3. The average Bonchev–Trinajstić information content (AvgIpc) is 2.89. The number of thioether (sulfide) groups is 1. The summed E-state index contributed by atoms with van der Waals surface area (Å²) < 4.78 is 5.46. The van der Waals surface area contributed by atoms with E-state index in [0.29, 0.717) is 6.54 Å². The molecular weight excluding hydrogens is 472 g/mol. The molecule has 3 heterocycles. The summed E-state index contributed by atoms with van der Waals surface area (Å²) in [6, 6.07) is 14.2. The smallest absolute Gasteiger partial charge is 0.308 e. The molecule has 0 radical (unpaired) electrons. The number of carbonyl (C=O) groups is 1. The van der Waals surface area contributed by atoms with Crippen LogP contribution in [0.15, 0.2) is 59.9 Å². The van der Waals surface area contributed by atoms with Crippen molar-refractivity contribution in [3.8, 4) is 5.75 Å². The van der Waals surface area contributed by atoms with Crippen molar-refractivity contribution in [2.24, 2.45) is 11.8 Å². The molecule has 192 valence electrons. The molecule has 7 nitrogen and oxygen atoms in total. The van der Waals surface area contributed by atoms with Crippen LogP contribution >= 0.6 is 11.8 Å². The van der Waals surface area contributed by atoms with E-state index >= 15 is 0 Å². The average molecular weight is 509 g/mol. The van der Waals surface area contributed by atoms with Crippen LogP contribution in [0.5, 0.6) is 5.75 Å². The van der Waals surface area contributed by atoms with Crippen molar-refractivity contribution in [3.63, 3.8) is 0 Å². The minimum absolute atomic E-state index is 0.171. The second kappa shape index (κ2) is 12.5. The normalized spacial score (nSPS) is 19.4. The lowest BCUT2D eigenvalue weighted by atomic mass is 9.80. The van der Waals surface area contributed by atoms with Crippen LogP contribution in [0.25, 0.3) is 10.9 Å². The first-order valence-corrected chi connectivity index (χ1v) is 13.5. The van der Waals surface area contributed by atoms with Crippen LogP contribution in [-0.4, -0.2) is 77.4 Å². The van der Waals surface area contributed by atoms with E-state index in [2.05, 4.69) is 46.0 Å². The van der Waals surface area contributed by atoms with Crippen LogP contribution < -0.4 is 4.74 Å². The molecule has 1 fully saturated rings. The molecule has 1 aromatic carbocycles. The molecule has 0 spiro atoms. The highest BCUT2D eigenvalue weighted by Gasteiger charge is 2.34. The number of aliphatic carboxylic acids is 1. The number of ether oxygens (including phenoxy) is 1. The maximum absolute atomic E-state index is 12.2. The van der Waals surface area contributed by atoms with Gasteiger partial charge in [-0.2, -0.15) is 0 Å². The van der Waals surface area contributed by atoms with Gasteiger partial charge in [0, 0.05) is 42.7 Å². The maximum atomic E-state index is 12.2. The molecule has 4 rings (SSSR count). The third-order valence-electron chi connectivity index (χ3n) is 7.23. The molecule has 0 saturated carbocycles. The fourth-order valence-corrected chi connectivity index (χ4v) is 6.11. The van der Waals surface area contributed by atoms with Crippen molar-refractivity contribution in [1.29, 1.82) is 0 Å². The molecule has 2 aromatic heterocycles. The third kappa shape index (κ3) is 6.55.